The summed E-state index contributed by atoms with van der Waals surface area (Å²) < 4.78 is 0. The number of halogens is 2. The Kier molecular flexibility index (Phi) is 4.01. The summed E-state index contributed by atoms with van der Waals surface area (Å²) in [7, 11) is 0. The van der Waals surface area contributed by atoms with Crippen LogP contribution in [0.25, 0.3) is 0 Å². The number of nitrogens with one attached hydrogen (secondary N) is 1. The van der Waals surface area contributed by atoms with Crippen LogP contribution >= 0.6 is 23.2 Å². The SMILES string of the molecule is O=C(NCc1ncccn1)c1cnc(Cl)nc1Cl. The highest BCUT2D eigenvalue weighted by Crippen LogP contribution is 2.13. The van der Waals surface area contributed by atoms with Gasteiger partial charge in [0, 0.05) is 18.6 Å². The number of rotatable bonds is 3. The zero-order valence-corrected chi connectivity index (χ0v) is 10.5. The van der Waals surface area contributed by atoms with Crippen LogP contribution in [0.4, 0.5) is 0 Å². The molecule has 1 N–H and O–H groups in total. The lowest BCUT2D eigenvalue weighted by molar-refractivity contribution is 0.0949. The van der Waals surface area contributed by atoms with Crippen molar-refractivity contribution < 1.29 is 4.79 Å². The fraction of sp³-hybridized carbons (Fsp3) is 0.100. The second kappa shape index (κ2) is 5.70. The summed E-state index contributed by atoms with van der Waals surface area (Å²) >= 11 is 11.3. The van der Waals surface area contributed by atoms with Crippen LogP contribution in [-0.2, 0) is 6.54 Å². The molecule has 0 aliphatic heterocycles. The summed E-state index contributed by atoms with van der Waals surface area (Å²) in [5.41, 5.74) is 0.150. The number of hydrogen-bond acceptors (Lipinski definition) is 5. The molecular weight excluding hydrogens is 277 g/mol. The topological polar surface area (TPSA) is 80.7 Å². The number of carbonyl (C=O) groups excluding carboxylic acids is 1. The molecule has 0 radical (unpaired) electrons. The van der Waals surface area contributed by atoms with E-state index in [1.54, 1.807) is 18.5 Å². The van der Waals surface area contributed by atoms with Gasteiger partial charge in [-0.05, 0) is 17.7 Å². The van der Waals surface area contributed by atoms with Crippen LogP contribution < -0.4 is 5.32 Å². The highest BCUT2D eigenvalue weighted by atomic mass is 35.5. The normalized spacial score (nSPS) is 10.1. The van der Waals surface area contributed by atoms with E-state index in [1.165, 1.54) is 6.20 Å². The average Bonchev–Trinajstić information content (AvgIpc) is 2.37. The van der Waals surface area contributed by atoms with Gasteiger partial charge in [-0.25, -0.2) is 19.9 Å². The smallest absolute Gasteiger partial charge is 0.256 e. The van der Waals surface area contributed by atoms with Gasteiger partial charge in [0.05, 0.1) is 12.1 Å². The molecule has 0 fully saturated rings. The number of amides is 1. The molecule has 8 heteroatoms. The molecule has 92 valence electrons. The van der Waals surface area contributed by atoms with Crippen molar-refractivity contribution in [3.05, 3.63) is 46.5 Å². The Bertz CT molecular complexity index is 563. The lowest BCUT2D eigenvalue weighted by atomic mass is 10.3. The third-order valence-corrected chi connectivity index (χ3v) is 2.45. The van der Waals surface area contributed by atoms with Gasteiger partial charge >= 0.3 is 0 Å². The molecule has 0 aliphatic rings. The Morgan fingerprint density at radius 3 is 2.61 bits per heavy atom. The molecule has 0 saturated heterocycles. The fourth-order valence-electron chi connectivity index (χ4n) is 1.17. The molecule has 0 aromatic carbocycles. The lowest BCUT2D eigenvalue weighted by Gasteiger charge is -2.04. The highest BCUT2D eigenvalue weighted by molar-refractivity contribution is 6.34. The number of aromatic nitrogens is 4. The summed E-state index contributed by atoms with van der Waals surface area (Å²) in [6.45, 7) is 0.193. The van der Waals surface area contributed by atoms with Gasteiger partial charge < -0.3 is 5.32 Å². The van der Waals surface area contributed by atoms with E-state index in [4.69, 9.17) is 23.2 Å². The summed E-state index contributed by atoms with van der Waals surface area (Å²) in [5, 5.41) is 2.59. The van der Waals surface area contributed by atoms with Crippen LogP contribution in [-0.4, -0.2) is 25.8 Å². The van der Waals surface area contributed by atoms with E-state index in [0.29, 0.717) is 5.82 Å². The van der Waals surface area contributed by atoms with Crippen molar-refractivity contribution in [1.82, 2.24) is 25.3 Å². The van der Waals surface area contributed by atoms with Crippen LogP contribution in [0, 0.1) is 0 Å². The molecule has 0 saturated carbocycles. The second-order valence-corrected chi connectivity index (χ2v) is 3.89. The molecule has 0 bridgehead atoms. The molecule has 2 aromatic heterocycles. The Balaban J connectivity index is 2.04. The Hall–Kier alpha value is -1.79. The van der Waals surface area contributed by atoms with Crippen molar-refractivity contribution >= 4 is 29.1 Å². The Morgan fingerprint density at radius 2 is 1.94 bits per heavy atom. The van der Waals surface area contributed by atoms with Crippen molar-refractivity contribution in [2.45, 2.75) is 6.54 Å². The van der Waals surface area contributed by atoms with Gasteiger partial charge in [0.2, 0.25) is 5.28 Å². The number of nitrogens with zero attached hydrogens (tertiary/aromatic N) is 4. The zero-order chi connectivity index (χ0) is 13.0. The predicted molar refractivity (Wildman–Crippen MR) is 65.3 cm³/mol. The van der Waals surface area contributed by atoms with Gasteiger partial charge in [-0.1, -0.05) is 11.6 Å². The van der Waals surface area contributed by atoms with E-state index in [0.717, 1.165) is 0 Å². The summed E-state index contributed by atoms with van der Waals surface area (Å²) in [4.78, 5) is 27.1. The minimum Gasteiger partial charge on any atom is -0.345 e. The van der Waals surface area contributed by atoms with Crippen molar-refractivity contribution in [1.29, 1.82) is 0 Å². The summed E-state index contributed by atoms with van der Waals surface area (Å²) in [5.74, 6) is 0.0842. The van der Waals surface area contributed by atoms with E-state index in [2.05, 4.69) is 25.3 Å². The monoisotopic (exact) mass is 283 g/mol. The van der Waals surface area contributed by atoms with Crippen molar-refractivity contribution in [2.75, 3.05) is 0 Å². The van der Waals surface area contributed by atoms with Crippen LogP contribution in [0.1, 0.15) is 16.2 Å². The maximum Gasteiger partial charge on any atom is 0.256 e. The zero-order valence-electron chi connectivity index (χ0n) is 8.97. The van der Waals surface area contributed by atoms with E-state index in [-0.39, 0.29) is 22.5 Å². The van der Waals surface area contributed by atoms with Crippen LogP contribution in [0.3, 0.4) is 0 Å². The quantitative estimate of drug-likeness (QED) is 0.682. The Morgan fingerprint density at radius 1 is 1.22 bits per heavy atom. The van der Waals surface area contributed by atoms with Crippen molar-refractivity contribution in [2.24, 2.45) is 0 Å². The van der Waals surface area contributed by atoms with Gasteiger partial charge in [-0.3, -0.25) is 4.79 Å². The molecule has 0 aliphatic carbocycles. The minimum absolute atomic E-state index is 0.00137. The van der Waals surface area contributed by atoms with Gasteiger partial charge in [-0.15, -0.1) is 0 Å². The molecule has 2 aromatic rings. The molecule has 18 heavy (non-hydrogen) atoms. The first-order chi connectivity index (χ1) is 8.66. The van der Waals surface area contributed by atoms with Crippen molar-refractivity contribution in [3.63, 3.8) is 0 Å². The van der Waals surface area contributed by atoms with Gasteiger partial charge in [0.15, 0.2) is 0 Å². The first-order valence-electron chi connectivity index (χ1n) is 4.89. The fourth-order valence-corrected chi connectivity index (χ4v) is 1.56. The highest BCUT2D eigenvalue weighted by Gasteiger charge is 2.12. The standard InChI is InChI=1S/C10H7Cl2N5O/c11-8-6(4-16-10(12)17-8)9(18)15-5-7-13-2-1-3-14-7/h1-4H,5H2,(H,15,18). The van der Waals surface area contributed by atoms with E-state index in [9.17, 15) is 4.79 Å². The van der Waals surface area contributed by atoms with Crippen LogP contribution in [0.2, 0.25) is 10.4 Å². The lowest BCUT2D eigenvalue weighted by Crippen LogP contribution is -2.24. The Labute approximate surface area is 112 Å². The molecule has 6 nitrogen and oxygen atoms in total. The van der Waals surface area contributed by atoms with E-state index in [1.807, 2.05) is 0 Å². The van der Waals surface area contributed by atoms with Crippen LogP contribution in [0.5, 0.6) is 0 Å². The average molecular weight is 284 g/mol. The second-order valence-electron chi connectivity index (χ2n) is 3.19. The maximum atomic E-state index is 11.8. The first kappa shape index (κ1) is 12.7. The number of hydrogen-bond donors (Lipinski definition) is 1. The van der Waals surface area contributed by atoms with Gasteiger partial charge in [0.1, 0.15) is 11.0 Å². The van der Waals surface area contributed by atoms with Crippen molar-refractivity contribution in [3.8, 4) is 0 Å². The maximum absolute atomic E-state index is 11.8. The largest absolute Gasteiger partial charge is 0.345 e. The molecule has 1 amide bonds. The molecule has 0 atom stereocenters. The minimum atomic E-state index is -0.413. The molecule has 0 spiro atoms. The molecule has 0 unspecified atom stereocenters. The molecule has 2 heterocycles. The number of carbonyl (C=O) groups is 1. The van der Waals surface area contributed by atoms with Gasteiger partial charge in [0.25, 0.3) is 5.91 Å². The molecular formula is C10H7Cl2N5O. The third kappa shape index (κ3) is 3.12. The van der Waals surface area contributed by atoms with Crippen LogP contribution in [0.15, 0.2) is 24.7 Å². The van der Waals surface area contributed by atoms with E-state index < -0.39 is 5.91 Å². The van der Waals surface area contributed by atoms with E-state index >= 15 is 0 Å². The summed E-state index contributed by atoms with van der Waals surface area (Å²) in [6.07, 6.45) is 4.44. The third-order valence-electron chi connectivity index (χ3n) is 1.98. The molecule has 2 rings (SSSR count). The summed E-state index contributed by atoms with van der Waals surface area (Å²) in [6, 6.07) is 1.69. The first-order valence-corrected chi connectivity index (χ1v) is 5.64. The van der Waals surface area contributed by atoms with Gasteiger partial charge in [-0.2, -0.15) is 0 Å². The predicted octanol–water partition coefficient (Wildman–Crippen LogP) is 1.50.